The van der Waals surface area contributed by atoms with E-state index in [4.69, 9.17) is 9.97 Å². The highest BCUT2D eigenvalue weighted by molar-refractivity contribution is 9.10. The Morgan fingerprint density at radius 2 is 1.13 bits per heavy atom. The summed E-state index contributed by atoms with van der Waals surface area (Å²) in [5, 5.41) is 11.0. The smallest absolute Gasteiger partial charge is 0.235 e. The minimum absolute atomic E-state index is 0.655. The molecule has 0 bridgehead atoms. The van der Waals surface area contributed by atoms with Crippen LogP contribution >= 0.6 is 27.3 Å². The normalized spacial score (nSPS) is 12.7. The number of nitrogens with zero attached hydrogens (tertiary/aromatic N) is 4. The molecular formula is C56H35BrN4S. The SMILES string of the molecule is Brc1c(-c2cccc3ccccc23)sc2ccc(-c3ccc4c(c3)c3ccccc3n4-c3nc(-c4ccc(-n5c6c(c7ccccc75)=CCCC=6)cc4)c4ccccc4n3)cc12. The van der Waals surface area contributed by atoms with E-state index in [0.717, 1.165) is 61.6 Å². The van der Waals surface area contributed by atoms with Gasteiger partial charge in [-0.15, -0.1) is 11.3 Å². The van der Waals surface area contributed by atoms with Crippen LogP contribution in [0.25, 0.3) is 121 Å². The first-order valence-electron chi connectivity index (χ1n) is 21.1. The summed E-state index contributed by atoms with van der Waals surface area (Å²) in [5.41, 5.74) is 11.0. The molecule has 0 aliphatic heterocycles. The van der Waals surface area contributed by atoms with Crippen molar-refractivity contribution in [3.05, 3.63) is 191 Å². The fourth-order valence-corrected chi connectivity index (χ4v) is 11.8. The second kappa shape index (κ2) is 14.0. The summed E-state index contributed by atoms with van der Waals surface area (Å²) in [6.45, 7) is 0. The van der Waals surface area contributed by atoms with E-state index in [2.05, 4.69) is 213 Å². The number of aromatic nitrogens is 4. The second-order valence-corrected chi connectivity index (χ2v) is 18.0. The Hall–Kier alpha value is -7.12. The summed E-state index contributed by atoms with van der Waals surface area (Å²) in [4.78, 5) is 11.9. The van der Waals surface area contributed by atoms with Gasteiger partial charge in [0.25, 0.3) is 0 Å². The number of rotatable bonds is 5. The lowest BCUT2D eigenvalue weighted by Crippen LogP contribution is -2.30. The summed E-state index contributed by atoms with van der Waals surface area (Å²) in [6, 6.07) is 63.5. The molecule has 292 valence electrons. The molecule has 0 spiro atoms. The third-order valence-electron chi connectivity index (χ3n) is 12.7. The van der Waals surface area contributed by atoms with E-state index < -0.39 is 0 Å². The van der Waals surface area contributed by atoms with Gasteiger partial charge in [0.2, 0.25) is 5.95 Å². The van der Waals surface area contributed by atoms with Crippen LogP contribution in [0.2, 0.25) is 0 Å². The third-order valence-corrected chi connectivity index (χ3v) is 15.0. The highest BCUT2D eigenvalue weighted by atomic mass is 79.9. The third kappa shape index (κ3) is 5.43. The zero-order valence-electron chi connectivity index (χ0n) is 33.4. The summed E-state index contributed by atoms with van der Waals surface area (Å²) >= 11 is 5.88. The molecule has 8 aromatic carbocycles. The van der Waals surface area contributed by atoms with Crippen LogP contribution in [0.5, 0.6) is 0 Å². The van der Waals surface area contributed by atoms with Crippen LogP contribution in [0.15, 0.2) is 180 Å². The van der Waals surface area contributed by atoms with Crippen LogP contribution < -0.4 is 10.6 Å². The summed E-state index contributed by atoms with van der Waals surface area (Å²) in [6.07, 6.45) is 6.90. The fraction of sp³-hybridized carbons (Fsp3) is 0.0357. The van der Waals surface area contributed by atoms with Gasteiger partial charge in [-0.05, 0) is 105 Å². The lowest BCUT2D eigenvalue weighted by molar-refractivity contribution is 1.01. The fourth-order valence-electron chi connectivity index (χ4n) is 9.79. The largest absolute Gasteiger partial charge is 0.310 e. The molecule has 6 heteroatoms. The van der Waals surface area contributed by atoms with Gasteiger partial charge in [-0.3, -0.25) is 4.57 Å². The van der Waals surface area contributed by atoms with Gasteiger partial charge < -0.3 is 4.57 Å². The van der Waals surface area contributed by atoms with Gasteiger partial charge in [0, 0.05) is 63.5 Å². The number of para-hydroxylation sites is 3. The highest BCUT2D eigenvalue weighted by Crippen LogP contribution is 2.46. The number of halogens is 1. The molecular weight excluding hydrogens is 841 g/mol. The van der Waals surface area contributed by atoms with Crippen molar-refractivity contribution in [2.75, 3.05) is 0 Å². The van der Waals surface area contributed by atoms with E-state index in [-0.39, 0.29) is 0 Å². The number of hydrogen-bond acceptors (Lipinski definition) is 3. The minimum Gasteiger partial charge on any atom is -0.310 e. The molecule has 4 nitrogen and oxygen atoms in total. The zero-order valence-corrected chi connectivity index (χ0v) is 35.8. The Kier molecular flexibility index (Phi) is 8.02. The molecule has 0 unspecified atom stereocenters. The summed E-state index contributed by atoms with van der Waals surface area (Å²) < 4.78 is 7.04. The average Bonchev–Trinajstić information content (AvgIpc) is 3.97. The maximum absolute atomic E-state index is 5.43. The van der Waals surface area contributed by atoms with E-state index in [1.165, 1.54) is 69.3 Å². The van der Waals surface area contributed by atoms with Crippen LogP contribution in [-0.2, 0) is 0 Å². The second-order valence-electron chi connectivity index (χ2n) is 16.1. The monoisotopic (exact) mass is 874 g/mol. The average molecular weight is 876 g/mol. The van der Waals surface area contributed by atoms with Gasteiger partial charge in [0.15, 0.2) is 0 Å². The molecule has 4 aromatic heterocycles. The van der Waals surface area contributed by atoms with Crippen molar-refractivity contribution in [1.29, 1.82) is 0 Å². The van der Waals surface area contributed by atoms with Crippen LogP contribution in [0.1, 0.15) is 12.8 Å². The minimum atomic E-state index is 0.655. The van der Waals surface area contributed by atoms with E-state index in [1.54, 1.807) is 0 Å². The molecule has 0 atom stereocenters. The van der Waals surface area contributed by atoms with Crippen LogP contribution in [-0.4, -0.2) is 19.1 Å². The lowest BCUT2D eigenvalue weighted by atomic mass is 10.0. The molecule has 0 saturated heterocycles. The number of fused-ring (bicyclic) bond motifs is 9. The Labute approximate surface area is 369 Å². The Bertz CT molecular complexity index is 3940. The predicted octanol–water partition coefficient (Wildman–Crippen LogP) is 14.2. The highest BCUT2D eigenvalue weighted by Gasteiger charge is 2.20. The number of thiophene rings is 1. The molecule has 0 amide bonds. The first-order valence-corrected chi connectivity index (χ1v) is 22.7. The molecule has 1 aliphatic rings. The van der Waals surface area contributed by atoms with Gasteiger partial charge in [0.1, 0.15) is 0 Å². The van der Waals surface area contributed by atoms with Crippen LogP contribution in [0.4, 0.5) is 0 Å². The molecule has 1 aliphatic carbocycles. The Balaban J connectivity index is 0.932. The van der Waals surface area contributed by atoms with Crippen molar-refractivity contribution in [3.8, 4) is 44.5 Å². The van der Waals surface area contributed by atoms with Crippen molar-refractivity contribution in [2.24, 2.45) is 0 Å². The number of benzene rings is 8. The summed E-state index contributed by atoms with van der Waals surface area (Å²) in [7, 11) is 0. The van der Waals surface area contributed by atoms with Crippen molar-refractivity contribution in [3.63, 3.8) is 0 Å². The molecule has 4 heterocycles. The maximum atomic E-state index is 5.43. The Morgan fingerprint density at radius 1 is 0.484 bits per heavy atom. The molecule has 0 saturated carbocycles. The van der Waals surface area contributed by atoms with Crippen molar-refractivity contribution in [2.45, 2.75) is 12.8 Å². The zero-order chi connectivity index (χ0) is 40.9. The number of hydrogen-bond donors (Lipinski definition) is 0. The molecule has 0 radical (unpaired) electrons. The first kappa shape index (κ1) is 35.6. The molecule has 0 N–H and O–H groups in total. The summed E-state index contributed by atoms with van der Waals surface area (Å²) in [5.74, 6) is 0.655. The molecule has 62 heavy (non-hydrogen) atoms. The van der Waals surface area contributed by atoms with Gasteiger partial charge >= 0.3 is 0 Å². The predicted molar refractivity (Wildman–Crippen MR) is 265 cm³/mol. The maximum Gasteiger partial charge on any atom is 0.235 e. The first-order chi connectivity index (χ1) is 30.7. The molecule has 12 aromatic rings. The quantitative estimate of drug-likeness (QED) is 0.173. The van der Waals surface area contributed by atoms with Crippen molar-refractivity contribution < 1.29 is 0 Å². The van der Waals surface area contributed by atoms with E-state index >= 15 is 0 Å². The van der Waals surface area contributed by atoms with Crippen LogP contribution in [0, 0.1) is 0 Å². The topological polar surface area (TPSA) is 35.6 Å². The van der Waals surface area contributed by atoms with Gasteiger partial charge in [-0.2, -0.15) is 0 Å². The van der Waals surface area contributed by atoms with Gasteiger partial charge in [-0.25, -0.2) is 9.97 Å². The van der Waals surface area contributed by atoms with E-state index in [0.29, 0.717) is 5.95 Å². The molecule has 13 rings (SSSR count). The van der Waals surface area contributed by atoms with Crippen molar-refractivity contribution in [1.82, 2.24) is 19.1 Å². The Morgan fingerprint density at radius 3 is 1.98 bits per heavy atom. The molecule has 0 fully saturated rings. The van der Waals surface area contributed by atoms with E-state index in [9.17, 15) is 0 Å². The lowest BCUT2D eigenvalue weighted by Gasteiger charge is -2.13. The van der Waals surface area contributed by atoms with Crippen molar-refractivity contribution >= 4 is 104 Å². The van der Waals surface area contributed by atoms with Crippen LogP contribution in [0.3, 0.4) is 0 Å². The van der Waals surface area contributed by atoms with Gasteiger partial charge in [0.05, 0.1) is 32.6 Å². The van der Waals surface area contributed by atoms with E-state index in [1.807, 2.05) is 11.3 Å². The van der Waals surface area contributed by atoms with Gasteiger partial charge in [-0.1, -0.05) is 133 Å². The standard InChI is InChI=1S/C56H35BrN4S/c57-53-46-33-37(27-31-52(46)62-55(53)43-19-11-13-34-12-1-2-14-39(34)43)36-26-30-51-45(32-36)42-17-6-10-23-50(42)61(51)56-58-47-20-7-3-18-44(47)54(59-56)35-24-28-38(29-25-35)60-48-21-8-4-15-40(48)41-16-5-9-22-49(41)60/h1-4,6-8,10-33H,5,9H2.